The molecule has 0 spiro atoms. The first-order valence-corrected chi connectivity index (χ1v) is 5.83. The molecule has 4 nitrogen and oxygen atoms in total. The summed E-state index contributed by atoms with van der Waals surface area (Å²) < 4.78 is 5.07. The maximum atomic E-state index is 5.81. The average Bonchev–Trinajstić information content (AvgIpc) is 2.81. The van der Waals surface area contributed by atoms with E-state index in [9.17, 15) is 0 Å². The molecule has 0 bridgehead atoms. The van der Waals surface area contributed by atoms with Gasteiger partial charge in [-0.3, -0.25) is 0 Å². The van der Waals surface area contributed by atoms with E-state index in [0.29, 0.717) is 29.6 Å². The summed E-state index contributed by atoms with van der Waals surface area (Å²) >= 11 is 5.81. The lowest BCUT2D eigenvalue weighted by atomic mass is 10.1. The molecular weight excluding hydrogens is 250 g/mol. The molecule has 2 aromatic rings. The maximum absolute atomic E-state index is 5.81. The molecule has 0 saturated heterocycles. The first-order valence-electron chi connectivity index (χ1n) is 5.45. The van der Waals surface area contributed by atoms with Crippen molar-refractivity contribution in [3.8, 4) is 12.3 Å². The van der Waals surface area contributed by atoms with Crippen molar-refractivity contribution < 1.29 is 4.52 Å². The Morgan fingerprint density at radius 2 is 2.11 bits per heavy atom. The Labute approximate surface area is 110 Å². The first-order chi connectivity index (χ1) is 8.69. The van der Waals surface area contributed by atoms with Gasteiger partial charge in [-0.2, -0.15) is 4.98 Å². The van der Waals surface area contributed by atoms with Crippen molar-refractivity contribution in [2.75, 3.05) is 0 Å². The normalized spacial score (nSPS) is 12.1. The standard InChI is InChI=1S/C13H12ClN3O/c1-2-3-11(15)13-16-12(17-18-13)8-9-4-6-10(14)7-5-9/h1,4-7,11H,3,8,15H2. The van der Waals surface area contributed by atoms with Crippen LogP contribution in [0.4, 0.5) is 0 Å². The highest BCUT2D eigenvalue weighted by Crippen LogP contribution is 2.14. The van der Waals surface area contributed by atoms with Crippen molar-refractivity contribution in [1.29, 1.82) is 0 Å². The number of halogens is 1. The average molecular weight is 262 g/mol. The van der Waals surface area contributed by atoms with Crippen LogP contribution in [0.2, 0.25) is 5.02 Å². The summed E-state index contributed by atoms with van der Waals surface area (Å²) in [6.07, 6.45) is 6.13. The molecule has 0 aliphatic carbocycles. The first kappa shape index (κ1) is 12.6. The van der Waals surface area contributed by atoms with E-state index in [2.05, 4.69) is 16.1 Å². The molecule has 0 aliphatic heterocycles. The third-order valence-electron chi connectivity index (χ3n) is 2.41. The maximum Gasteiger partial charge on any atom is 0.244 e. The molecule has 0 amide bonds. The van der Waals surface area contributed by atoms with E-state index in [4.69, 9.17) is 28.3 Å². The van der Waals surface area contributed by atoms with Crippen LogP contribution in [0, 0.1) is 12.3 Å². The molecule has 2 N–H and O–H groups in total. The summed E-state index contributed by atoms with van der Waals surface area (Å²) in [4.78, 5) is 4.22. The van der Waals surface area contributed by atoms with Crippen molar-refractivity contribution in [3.05, 3.63) is 46.6 Å². The quantitative estimate of drug-likeness (QED) is 0.858. The Kier molecular flexibility index (Phi) is 3.98. The number of terminal acetylenes is 1. The summed E-state index contributed by atoms with van der Waals surface area (Å²) in [6, 6.07) is 7.07. The van der Waals surface area contributed by atoms with Crippen LogP contribution in [0.1, 0.15) is 29.7 Å². The van der Waals surface area contributed by atoms with Crippen LogP contribution in [-0.4, -0.2) is 10.1 Å². The molecule has 0 fully saturated rings. The van der Waals surface area contributed by atoms with Crippen molar-refractivity contribution in [2.45, 2.75) is 18.9 Å². The summed E-state index contributed by atoms with van der Waals surface area (Å²) in [7, 11) is 0. The second kappa shape index (κ2) is 5.67. The molecule has 1 aromatic carbocycles. The van der Waals surface area contributed by atoms with Crippen molar-refractivity contribution >= 4 is 11.6 Å². The largest absolute Gasteiger partial charge is 0.338 e. The van der Waals surface area contributed by atoms with Crippen LogP contribution >= 0.6 is 11.6 Å². The second-order valence-electron chi connectivity index (χ2n) is 3.87. The number of nitrogens with two attached hydrogens (primary N) is 1. The zero-order chi connectivity index (χ0) is 13.0. The SMILES string of the molecule is C#CCC(N)c1nc(Cc2ccc(Cl)cc2)no1. The van der Waals surface area contributed by atoms with E-state index >= 15 is 0 Å². The van der Waals surface area contributed by atoms with Crippen LogP contribution in [0.15, 0.2) is 28.8 Å². The second-order valence-corrected chi connectivity index (χ2v) is 4.30. The van der Waals surface area contributed by atoms with Gasteiger partial charge in [0.15, 0.2) is 5.82 Å². The molecule has 0 saturated carbocycles. The zero-order valence-electron chi connectivity index (χ0n) is 9.64. The summed E-state index contributed by atoms with van der Waals surface area (Å²) in [5.74, 6) is 3.42. The van der Waals surface area contributed by atoms with E-state index in [-0.39, 0.29) is 0 Å². The minimum absolute atomic E-state index is 0.372. The summed E-state index contributed by atoms with van der Waals surface area (Å²) in [5, 5.41) is 4.57. The van der Waals surface area contributed by atoms with Crippen LogP contribution in [-0.2, 0) is 6.42 Å². The third-order valence-corrected chi connectivity index (χ3v) is 2.67. The number of aromatic nitrogens is 2. The Morgan fingerprint density at radius 1 is 1.39 bits per heavy atom. The van der Waals surface area contributed by atoms with E-state index in [1.165, 1.54) is 0 Å². The Hall–Kier alpha value is -1.83. The van der Waals surface area contributed by atoms with Crippen LogP contribution in [0.3, 0.4) is 0 Å². The van der Waals surface area contributed by atoms with Crippen molar-refractivity contribution in [1.82, 2.24) is 10.1 Å². The van der Waals surface area contributed by atoms with Gasteiger partial charge in [-0.05, 0) is 17.7 Å². The van der Waals surface area contributed by atoms with E-state index in [0.717, 1.165) is 5.56 Å². The highest BCUT2D eigenvalue weighted by molar-refractivity contribution is 6.30. The molecule has 1 aromatic heterocycles. The minimum Gasteiger partial charge on any atom is -0.338 e. The molecule has 92 valence electrons. The molecule has 5 heteroatoms. The highest BCUT2D eigenvalue weighted by atomic mass is 35.5. The van der Waals surface area contributed by atoms with E-state index < -0.39 is 6.04 Å². The van der Waals surface area contributed by atoms with Gasteiger partial charge in [0.1, 0.15) is 0 Å². The van der Waals surface area contributed by atoms with Gasteiger partial charge in [0.25, 0.3) is 0 Å². The Morgan fingerprint density at radius 3 is 2.78 bits per heavy atom. The third kappa shape index (κ3) is 3.10. The number of rotatable bonds is 4. The monoisotopic (exact) mass is 261 g/mol. The smallest absolute Gasteiger partial charge is 0.244 e. The predicted molar refractivity (Wildman–Crippen MR) is 68.9 cm³/mol. The lowest BCUT2D eigenvalue weighted by Gasteiger charge is -1.99. The Bertz CT molecular complexity index is 556. The van der Waals surface area contributed by atoms with Gasteiger partial charge in [0, 0.05) is 17.9 Å². The fraction of sp³-hybridized carbons (Fsp3) is 0.231. The molecule has 1 unspecified atom stereocenters. The Balaban J connectivity index is 2.07. The van der Waals surface area contributed by atoms with Gasteiger partial charge >= 0.3 is 0 Å². The zero-order valence-corrected chi connectivity index (χ0v) is 10.4. The van der Waals surface area contributed by atoms with Gasteiger partial charge in [-0.15, -0.1) is 12.3 Å². The molecule has 2 rings (SSSR count). The number of hydrogen-bond acceptors (Lipinski definition) is 4. The van der Waals surface area contributed by atoms with E-state index in [1.54, 1.807) is 0 Å². The lowest BCUT2D eigenvalue weighted by Crippen LogP contribution is -2.09. The summed E-state index contributed by atoms with van der Waals surface area (Å²) in [6.45, 7) is 0. The number of hydrogen-bond donors (Lipinski definition) is 1. The minimum atomic E-state index is -0.401. The molecule has 18 heavy (non-hydrogen) atoms. The number of benzene rings is 1. The fourth-order valence-electron chi connectivity index (χ4n) is 1.49. The summed E-state index contributed by atoms with van der Waals surface area (Å²) in [5.41, 5.74) is 6.83. The van der Waals surface area contributed by atoms with Gasteiger partial charge < -0.3 is 10.3 Å². The van der Waals surface area contributed by atoms with Crippen molar-refractivity contribution in [3.63, 3.8) is 0 Å². The predicted octanol–water partition coefficient (Wildman–Crippen LogP) is 2.34. The van der Waals surface area contributed by atoms with Crippen LogP contribution in [0.5, 0.6) is 0 Å². The van der Waals surface area contributed by atoms with Gasteiger partial charge in [-0.25, -0.2) is 0 Å². The fourth-order valence-corrected chi connectivity index (χ4v) is 1.61. The number of nitrogens with zero attached hydrogens (tertiary/aromatic N) is 2. The molecule has 1 heterocycles. The molecular formula is C13H12ClN3O. The van der Waals surface area contributed by atoms with E-state index in [1.807, 2.05) is 24.3 Å². The van der Waals surface area contributed by atoms with Gasteiger partial charge in [0.2, 0.25) is 5.89 Å². The lowest BCUT2D eigenvalue weighted by molar-refractivity contribution is 0.353. The topological polar surface area (TPSA) is 64.9 Å². The van der Waals surface area contributed by atoms with Crippen LogP contribution in [0.25, 0.3) is 0 Å². The molecule has 0 aliphatic rings. The van der Waals surface area contributed by atoms with Gasteiger partial charge in [-0.1, -0.05) is 28.9 Å². The van der Waals surface area contributed by atoms with Crippen molar-refractivity contribution in [2.24, 2.45) is 5.73 Å². The molecule has 0 radical (unpaired) electrons. The van der Waals surface area contributed by atoms with Crippen LogP contribution < -0.4 is 5.73 Å². The highest BCUT2D eigenvalue weighted by Gasteiger charge is 2.13. The van der Waals surface area contributed by atoms with Gasteiger partial charge in [0.05, 0.1) is 6.04 Å². The molecule has 1 atom stereocenters.